The topological polar surface area (TPSA) is 41.6 Å². The molecule has 0 fully saturated rings. The smallest absolute Gasteiger partial charge is 0.338 e. The van der Waals surface area contributed by atoms with E-state index < -0.39 is 29.0 Å². The van der Waals surface area contributed by atoms with Gasteiger partial charge in [0.25, 0.3) is 0 Å². The first-order valence-corrected chi connectivity index (χ1v) is 8.81. The second-order valence-corrected chi connectivity index (χ2v) is 6.82. The van der Waals surface area contributed by atoms with Gasteiger partial charge in [0.1, 0.15) is 11.3 Å². The van der Waals surface area contributed by atoms with E-state index in [-0.39, 0.29) is 17.4 Å². The van der Waals surface area contributed by atoms with Gasteiger partial charge in [-0.2, -0.15) is 26.3 Å². The van der Waals surface area contributed by atoms with Gasteiger partial charge in [0.05, 0.1) is 27.4 Å². The molecule has 0 bridgehead atoms. The van der Waals surface area contributed by atoms with Gasteiger partial charge in [-0.25, -0.2) is 4.98 Å². The lowest BCUT2D eigenvalue weighted by atomic mass is 10.1. The van der Waals surface area contributed by atoms with E-state index in [1.807, 2.05) is 0 Å². The van der Waals surface area contributed by atoms with Crippen molar-refractivity contribution < 1.29 is 26.3 Å². The monoisotopic (exact) mass is 441 g/mol. The van der Waals surface area contributed by atoms with Crippen molar-refractivity contribution in [3.05, 3.63) is 70.9 Å². The number of hydrogen-bond donors (Lipinski definition) is 1. The predicted octanol–water partition coefficient (Wildman–Crippen LogP) is 6.98. The maximum absolute atomic E-state index is 13.3. The molecular formula is C20H10ClF6N3. The molecule has 0 spiro atoms. The van der Waals surface area contributed by atoms with E-state index in [1.165, 1.54) is 0 Å². The summed E-state index contributed by atoms with van der Waals surface area (Å²) in [7, 11) is 0. The number of aromatic amines is 1. The Morgan fingerprint density at radius 2 is 1.50 bits per heavy atom. The fourth-order valence-corrected chi connectivity index (χ4v) is 3.25. The second-order valence-electron chi connectivity index (χ2n) is 6.41. The van der Waals surface area contributed by atoms with Crippen molar-refractivity contribution in [1.82, 2.24) is 15.0 Å². The number of fused-ring (bicyclic) bond motifs is 1. The highest BCUT2D eigenvalue weighted by molar-refractivity contribution is 6.33. The van der Waals surface area contributed by atoms with Crippen molar-refractivity contribution in [1.29, 1.82) is 0 Å². The minimum Gasteiger partial charge on any atom is -0.338 e. The predicted molar refractivity (Wildman–Crippen MR) is 99.8 cm³/mol. The molecule has 2 aromatic heterocycles. The highest BCUT2D eigenvalue weighted by Gasteiger charge is 2.39. The first kappa shape index (κ1) is 20.2. The van der Waals surface area contributed by atoms with E-state index >= 15 is 0 Å². The molecule has 30 heavy (non-hydrogen) atoms. The summed E-state index contributed by atoms with van der Waals surface area (Å²) in [6.07, 6.45) is -8.36. The number of imidazole rings is 1. The van der Waals surface area contributed by atoms with Gasteiger partial charge in [0.15, 0.2) is 0 Å². The Morgan fingerprint density at radius 3 is 2.10 bits per heavy atom. The van der Waals surface area contributed by atoms with Crippen LogP contribution in [0.1, 0.15) is 11.1 Å². The van der Waals surface area contributed by atoms with Crippen LogP contribution in [0.25, 0.3) is 33.7 Å². The normalized spacial score (nSPS) is 12.5. The van der Waals surface area contributed by atoms with Crippen LogP contribution in [0, 0.1) is 0 Å². The van der Waals surface area contributed by atoms with E-state index in [0.29, 0.717) is 27.9 Å². The number of rotatable bonds is 2. The molecule has 3 nitrogen and oxygen atoms in total. The first-order chi connectivity index (χ1) is 14.0. The zero-order valence-electron chi connectivity index (χ0n) is 14.7. The molecule has 0 saturated carbocycles. The molecule has 0 amide bonds. The lowest BCUT2D eigenvalue weighted by Gasteiger charge is -2.11. The highest BCUT2D eigenvalue weighted by atomic mass is 35.5. The maximum atomic E-state index is 13.3. The molecule has 154 valence electrons. The minimum absolute atomic E-state index is 0.00786. The number of nitrogens with zero attached hydrogens (tertiary/aromatic N) is 2. The first-order valence-electron chi connectivity index (χ1n) is 8.43. The maximum Gasteiger partial charge on any atom is 0.418 e. The third kappa shape index (κ3) is 3.72. The third-order valence-corrected chi connectivity index (χ3v) is 4.71. The average Bonchev–Trinajstić information content (AvgIpc) is 3.10. The van der Waals surface area contributed by atoms with Crippen LogP contribution in [0.5, 0.6) is 0 Å². The molecule has 0 atom stereocenters. The van der Waals surface area contributed by atoms with E-state index in [9.17, 15) is 26.3 Å². The van der Waals surface area contributed by atoms with Gasteiger partial charge in [-0.05, 0) is 24.3 Å². The van der Waals surface area contributed by atoms with Crippen LogP contribution in [-0.2, 0) is 12.4 Å². The summed E-state index contributed by atoms with van der Waals surface area (Å²) in [5.41, 5.74) is -2.22. The summed E-state index contributed by atoms with van der Waals surface area (Å²) < 4.78 is 79.1. The van der Waals surface area contributed by atoms with E-state index in [0.717, 1.165) is 0 Å². The summed E-state index contributed by atoms with van der Waals surface area (Å²) in [5, 5.41) is 0.420. The number of aromatic nitrogens is 3. The fourth-order valence-electron chi connectivity index (χ4n) is 3.02. The molecule has 4 aromatic rings. The Labute approximate surface area is 170 Å². The highest BCUT2D eigenvalue weighted by Crippen LogP contribution is 2.40. The zero-order valence-corrected chi connectivity index (χ0v) is 15.5. The van der Waals surface area contributed by atoms with Crippen LogP contribution in [0.15, 0.2) is 54.7 Å². The summed E-state index contributed by atoms with van der Waals surface area (Å²) >= 11 is 6.10. The summed E-state index contributed by atoms with van der Waals surface area (Å²) in [5.74, 6) is 0.00786. The van der Waals surface area contributed by atoms with Gasteiger partial charge in [-0.15, -0.1) is 0 Å². The van der Waals surface area contributed by atoms with Gasteiger partial charge < -0.3 is 4.98 Å². The Bertz CT molecular complexity index is 1230. The molecule has 4 rings (SSSR count). The van der Waals surface area contributed by atoms with Gasteiger partial charge in [-0.1, -0.05) is 35.9 Å². The number of hydrogen-bond acceptors (Lipinski definition) is 2. The van der Waals surface area contributed by atoms with E-state index in [2.05, 4.69) is 15.0 Å². The largest absolute Gasteiger partial charge is 0.418 e. The Morgan fingerprint density at radius 1 is 0.833 bits per heavy atom. The van der Waals surface area contributed by atoms with Crippen molar-refractivity contribution in [2.24, 2.45) is 0 Å². The molecule has 0 saturated heterocycles. The fraction of sp³-hybridized carbons (Fsp3) is 0.100. The molecule has 1 N–H and O–H groups in total. The third-order valence-electron chi connectivity index (χ3n) is 4.41. The van der Waals surface area contributed by atoms with Gasteiger partial charge in [-0.3, -0.25) is 4.98 Å². The minimum atomic E-state index is -4.99. The molecule has 0 unspecified atom stereocenters. The average molecular weight is 442 g/mol. The van der Waals surface area contributed by atoms with Gasteiger partial charge >= 0.3 is 12.4 Å². The van der Waals surface area contributed by atoms with Crippen LogP contribution >= 0.6 is 11.6 Å². The Kier molecular flexibility index (Phi) is 4.73. The molecule has 0 aliphatic heterocycles. The van der Waals surface area contributed by atoms with Crippen molar-refractivity contribution in [2.45, 2.75) is 12.4 Å². The SMILES string of the molecule is FC(F)(F)c1cc(C(F)(F)F)c2nc(-c3ccc(-c4ncccc4Cl)cc3)[nH]c2c1. The quantitative estimate of drug-likeness (QED) is 0.341. The summed E-state index contributed by atoms with van der Waals surface area (Å²) in [4.78, 5) is 10.6. The lowest BCUT2D eigenvalue weighted by molar-refractivity contribution is -0.142. The molecule has 0 aliphatic carbocycles. The molecule has 10 heteroatoms. The number of benzene rings is 2. The molecule has 2 aromatic carbocycles. The van der Waals surface area contributed by atoms with E-state index in [4.69, 9.17) is 11.6 Å². The molecule has 2 heterocycles. The van der Waals surface area contributed by atoms with Gasteiger partial charge in [0.2, 0.25) is 0 Å². The zero-order chi connectivity index (χ0) is 21.7. The molecule has 0 aliphatic rings. The van der Waals surface area contributed by atoms with Crippen LogP contribution < -0.4 is 0 Å². The van der Waals surface area contributed by atoms with Crippen molar-refractivity contribution in [3.8, 4) is 22.6 Å². The van der Waals surface area contributed by atoms with Crippen molar-refractivity contribution in [3.63, 3.8) is 0 Å². The number of alkyl halides is 6. The Hall–Kier alpha value is -3.07. The van der Waals surface area contributed by atoms with E-state index in [1.54, 1.807) is 42.6 Å². The molecular weight excluding hydrogens is 432 g/mol. The number of halogens is 7. The standard InChI is InChI=1S/C20H10ClF6N3/c21-14-2-1-7-28-16(14)10-3-5-11(6-4-10)18-29-15-9-12(19(22,23)24)8-13(17(15)30-18)20(25,26)27/h1-9H,(H,29,30). The van der Waals surface area contributed by atoms with Crippen LogP contribution in [-0.4, -0.2) is 15.0 Å². The summed E-state index contributed by atoms with van der Waals surface area (Å²) in [6.45, 7) is 0. The lowest BCUT2D eigenvalue weighted by Crippen LogP contribution is -2.11. The van der Waals surface area contributed by atoms with Crippen molar-refractivity contribution in [2.75, 3.05) is 0 Å². The van der Waals surface area contributed by atoms with Gasteiger partial charge in [0, 0.05) is 17.3 Å². The Balaban J connectivity index is 1.81. The second kappa shape index (κ2) is 7.02. The number of nitrogens with one attached hydrogen (secondary N) is 1. The van der Waals surface area contributed by atoms with Crippen LogP contribution in [0.3, 0.4) is 0 Å². The van der Waals surface area contributed by atoms with Crippen LogP contribution in [0.2, 0.25) is 5.02 Å². The number of H-pyrrole nitrogens is 1. The van der Waals surface area contributed by atoms with Crippen molar-refractivity contribution >= 4 is 22.6 Å². The van der Waals surface area contributed by atoms with Crippen LogP contribution in [0.4, 0.5) is 26.3 Å². The molecule has 0 radical (unpaired) electrons. The summed E-state index contributed by atoms with van der Waals surface area (Å²) in [6, 6.07) is 10.4. The number of pyridine rings is 1.